The molecule has 2 fully saturated rings. The van der Waals surface area contributed by atoms with Gasteiger partial charge in [0.15, 0.2) is 5.56 Å². The Kier molecular flexibility index (Phi) is 5.51. The summed E-state index contributed by atoms with van der Waals surface area (Å²) in [5, 5.41) is 17.5. The Morgan fingerprint density at radius 1 is 1.38 bits per heavy atom. The SMILES string of the molecule is CC(C)Cn1c(=O)c(C(=O)NC2CC2)c(O)n2ncc(C=CC(=O)N3CCC(F)(F)C3)c12. The van der Waals surface area contributed by atoms with Gasteiger partial charge in [-0.3, -0.25) is 19.0 Å². The zero-order chi connectivity index (χ0) is 23.2. The number of alkyl halides is 2. The van der Waals surface area contributed by atoms with E-state index in [0.29, 0.717) is 5.56 Å². The molecule has 0 atom stereocenters. The van der Waals surface area contributed by atoms with Crippen LogP contribution >= 0.6 is 0 Å². The number of amides is 2. The summed E-state index contributed by atoms with van der Waals surface area (Å²) >= 11 is 0. The fourth-order valence-corrected chi connectivity index (χ4v) is 3.74. The van der Waals surface area contributed by atoms with E-state index in [2.05, 4.69) is 10.4 Å². The number of nitrogens with one attached hydrogen (secondary N) is 1. The van der Waals surface area contributed by atoms with Gasteiger partial charge < -0.3 is 15.3 Å². The van der Waals surface area contributed by atoms with Crippen molar-refractivity contribution in [1.82, 2.24) is 24.4 Å². The highest BCUT2D eigenvalue weighted by atomic mass is 19.3. The van der Waals surface area contributed by atoms with Crippen molar-refractivity contribution in [1.29, 1.82) is 0 Å². The average Bonchev–Trinajstić information content (AvgIpc) is 3.29. The number of fused-ring (bicyclic) bond motifs is 1. The molecule has 0 unspecified atom stereocenters. The molecule has 32 heavy (non-hydrogen) atoms. The van der Waals surface area contributed by atoms with Crippen molar-refractivity contribution < 1.29 is 23.5 Å². The van der Waals surface area contributed by atoms with E-state index in [9.17, 15) is 28.3 Å². The summed E-state index contributed by atoms with van der Waals surface area (Å²) in [4.78, 5) is 39.1. The minimum absolute atomic E-state index is 0.00404. The van der Waals surface area contributed by atoms with Gasteiger partial charge >= 0.3 is 0 Å². The molecule has 0 bridgehead atoms. The van der Waals surface area contributed by atoms with Crippen molar-refractivity contribution in [2.45, 2.75) is 51.6 Å². The third kappa shape index (κ3) is 4.23. The molecule has 1 aliphatic heterocycles. The second-order valence-electron chi connectivity index (χ2n) is 8.79. The Morgan fingerprint density at radius 2 is 2.09 bits per heavy atom. The van der Waals surface area contributed by atoms with Crippen LogP contribution in [0.15, 0.2) is 17.1 Å². The number of halogens is 2. The summed E-state index contributed by atoms with van der Waals surface area (Å²) in [7, 11) is 0. The topological polar surface area (TPSA) is 109 Å². The Hall–Kier alpha value is -3.24. The van der Waals surface area contributed by atoms with Crippen molar-refractivity contribution in [2.75, 3.05) is 13.1 Å². The van der Waals surface area contributed by atoms with Crippen LogP contribution < -0.4 is 10.9 Å². The van der Waals surface area contributed by atoms with Gasteiger partial charge in [0, 0.05) is 37.2 Å². The van der Waals surface area contributed by atoms with E-state index in [-0.39, 0.29) is 42.7 Å². The maximum Gasteiger partial charge on any atom is 0.270 e. The number of hydrogen-bond donors (Lipinski definition) is 2. The van der Waals surface area contributed by atoms with Crippen LogP contribution in [0.1, 0.15) is 49.0 Å². The van der Waals surface area contributed by atoms with Gasteiger partial charge in [-0.1, -0.05) is 13.8 Å². The maximum absolute atomic E-state index is 13.4. The molecule has 2 N–H and O–H groups in total. The monoisotopic (exact) mass is 449 g/mol. The highest BCUT2D eigenvalue weighted by Crippen LogP contribution is 2.27. The summed E-state index contributed by atoms with van der Waals surface area (Å²) in [6.45, 7) is 3.35. The smallest absolute Gasteiger partial charge is 0.270 e. The Morgan fingerprint density at radius 3 is 2.69 bits per heavy atom. The fraction of sp³-hybridized carbons (Fsp3) is 0.524. The third-order valence-corrected chi connectivity index (χ3v) is 5.48. The Labute approximate surface area is 182 Å². The van der Waals surface area contributed by atoms with Gasteiger partial charge in [0.25, 0.3) is 17.4 Å². The first-order valence-corrected chi connectivity index (χ1v) is 10.6. The van der Waals surface area contributed by atoms with E-state index in [1.807, 2.05) is 13.8 Å². The van der Waals surface area contributed by atoms with Gasteiger partial charge in [-0.2, -0.15) is 9.61 Å². The number of carbonyl (C=O) groups is 2. The second-order valence-corrected chi connectivity index (χ2v) is 8.79. The van der Waals surface area contributed by atoms with Gasteiger partial charge in [0.05, 0.1) is 12.7 Å². The van der Waals surface area contributed by atoms with Crippen LogP contribution in [0.3, 0.4) is 0 Å². The van der Waals surface area contributed by atoms with Crippen LogP contribution in [0.5, 0.6) is 5.88 Å². The van der Waals surface area contributed by atoms with Gasteiger partial charge in [-0.25, -0.2) is 8.78 Å². The first-order valence-electron chi connectivity index (χ1n) is 10.6. The van der Waals surface area contributed by atoms with E-state index < -0.39 is 35.7 Å². The molecule has 2 aromatic heterocycles. The average molecular weight is 449 g/mol. The number of aromatic nitrogens is 3. The Bertz CT molecular complexity index is 1160. The molecule has 0 aromatic carbocycles. The summed E-state index contributed by atoms with van der Waals surface area (Å²) in [6.07, 6.45) is 5.13. The van der Waals surface area contributed by atoms with E-state index in [0.717, 1.165) is 28.3 Å². The molecular weight excluding hydrogens is 424 g/mol. The molecule has 172 valence electrons. The summed E-state index contributed by atoms with van der Waals surface area (Å²) in [6, 6.07) is -0.00404. The largest absolute Gasteiger partial charge is 0.492 e. The number of aromatic hydroxyl groups is 1. The minimum Gasteiger partial charge on any atom is -0.492 e. The van der Waals surface area contributed by atoms with E-state index in [4.69, 9.17) is 0 Å². The lowest BCUT2D eigenvalue weighted by Crippen LogP contribution is -2.36. The molecule has 0 spiro atoms. The van der Waals surface area contributed by atoms with Crippen LogP contribution in [0.2, 0.25) is 0 Å². The van der Waals surface area contributed by atoms with Gasteiger partial charge in [0.1, 0.15) is 5.65 Å². The van der Waals surface area contributed by atoms with E-state index >= 15 is 0 Å². The lowest BCUT2D eigenvalue weighted by molar-refractivity contribution is -0.126. The summed E-state index contributed by atoms with van der Waals surface area (Å²) < 4.78 is 29.2. The molecule has 1 saturated heterocycles. The van der Waals surface area contributed by atoms with Crippen LogP contribution in [0.25, 0.3) is 11.7 Å². The minimum atomic E-state index is -2.89. The van der Waals surface area contributed by atoms with E-state index in [1.165, 1.54) is 16.8 Å². The van der Waals surface area contributed by atoms with Crippen molar-refractivity contribution in [2.24, 2.45) is 5.92 Å². The Balaban J connectivity index is 1.74. The van der Waals surface area contributed by atoms with Gasteiger partial charge in [0.2, 0.25) is 11.8 Å². The molecule has 1 aliphatic carbocycles. The van der Waals surface area contributed by atoms with Crippen molar-refractivity contribution >= 4 is 23.5 Å². The first kappa shape index (κ1) is 22.0. The molecule has 3 heterocycles. The zero-order valence-corrected chi connectivity index (χ0v) is 17.8. The van der Waals surface area contributed by atoms with Gasteiger partial charge in [-0.15, -0.1) is 0 Å². The zero-order valence-electron chi connectivity index (χ0n) is 17.8. The van der Waals surface area contributed by atoms with Crippen molar-refractivity contribution in [3.05, 3.63) is 33.8 Å². The number of rotatable bonds is 6. The normalized spacial score (nSPS) is 18.2. The maximum atomic E-state index is 13.4. The molecule has 11 heteroatoms. The predicted molar refractivity (Wildman–Crippen MR) is 112 cm³/mol. The predicted octanol–water partition coefficient (Wildman–Crippen LogP) is 1.63. The van der Waals surface area contributed by atoms with Crippen LogP contribution in [-0.2, 0) is 11.3 Å². The first-order chi connectivity index (χ1) is 15.1. The van der Waals surface area contributed by atoms with Crippen LogP contribution in [-0.4, -0.2) is 61.1 Å². The fourth-order valence-electron chi connectivity index (χ4n) is 3.74. The highest BCUT2D eigenvalue weighted by Gasteiger charge is 2.39. The van der Waals surface area contributed by atoms with Gasteiger partial charge in [-0.05, 0) is 24.8 Å². The lowest BCUT2D eigenvalue weighted by atomic mass is 10.2. The molecule has 0 radical (unpaired) electrons. The molecular formula is C21H25F2N5O4. The molecule has 9 nitrogen and oxygen atoms in total. The molecule has 4 rings (SSSR count). The third-order valence-electron chi connectivity index (χ3n) is 5.48. The summed E-state index contributed by atoms with van der Waals surface area (Å²) in [5.74, 6) is -4.69. The lowest BCUT2D eigenvalue weighted by Gasteiger charge is -2.15. The number of likely N-dealkylation sites (tertiary alicyclic amines) is 1. The van der Waals surface area contributed by atoms with Crippen molar-refractivity contribution in [3.8, 4) is 5.88 Å². The second kappa shape index (κ2) is 8.03. The van der Waals surface area contributed by atoms with Crippen molar-refractivity contribution in [3.63, 3.8) is 0 Å². The van der Waals surface area contributed by atoms with Crippen LogP contribution in [0, 0.1) is 5.92 Å². The number of hydrogen-bond acceptors (Lipinski definition) is 5. The summed E-state index contributed by atoms with van der Waals surface area (Å²) in [5.41, 5.74) is -0.506. The standard InChI is InChI=1S/C21H25F2N5O4/c1-12(2)10-27-18-13(3-6-15(29)26-8-7-21(22,23)11-26)9-24-28(18)20(32)16(19(27)31)17(30)25-14-4-5-14/h3,6,9,12,14,32H,4-5,7-8,10-11H2,1-2H3,(H,25,30). The van der Waals surface area contributed by atoms with E-state index in [1.54, 1.807) is 0 Å². The number of nitrogens with zero attached hydrogens (tertiary/aromatic N) is 4. The molecule has 2 amide bonds. The molecule has 1 saturated carbocycles. The molecule has 2 aliphatic rings. The highest BCUT2D eigenvalue weighted by molar-refractivity contribution is 5.97. The van der Waals surface area contributed by atoms with Crippen LogP contribution in [0.4, 0.5) is 8.78 Å². The quantitative estimate of drug-likeness (QED) is 0.652. The number of carbonyl (C=O) groups excluding carboxylic acids is 2. The molecule has 2 aromatic rings.